The minimum absolute atomic E-state index is 0.271. The second-order valence-electron chi connectivity index (χ2n) is 3.54. The Kier molecular flexibility index (Phi) is 4.70. The van der Waals surface area contributed by atoms with Crippen LogP contribution < -0.4 is 0 Å². The number of hydrogen-bond acceptors (Lipinski definition) is 1. The van der Waals surface area contributed by atoms with E-state index in [2.05, 4.69) is 13.0 Å². The Hall–Kier alpha value is -1.64. The molecule has 0 amide bonds. The van der Waals surface area contributed by atoms with E-state index in [1.54, 1.807) is 6.07 Å². The van der Waals surface area contributed by atoms with E-state index in [0.717, 1.165) is 24.8 Å². The number of rotatable bonds is 5. The van der Waals surface area contributed by atoms with Crippen molar-refractivity contribution in [3.05, 3.63) is 47.3 Å². The van der Waals surface area contributed by atoms with Crippen molar-refractivity contribution >= 4 is 5.97 Å². The summed E-state index contributed by atoms with van der Waals surface area (Å²) in [5.74, 6) is -1.89. The van der Waals surface area contributed by atoms with Crippen LogP contribution in [0.3, 0.4) is 0 Å². The lowest BCUT2D eigenvalue weighted by molar-refractivity contribution is 0.0692. The maximum Gasteiger partial charge on any atom is 0.338 e. The molecule has 0 fully saturated rings. The van der Waals surface area contributed by atoms with E-state index in [1.807, 2.05) is 6.08 Å². The molecular weight excluding hydrogens is 207 g/mol. The third kappa shape index (κ3) is 3.50. The lowest BCUT2D eigenvalue weighted by Crippen LogP contribution is -2.01. The Morgan fingerprint density at radius 3 is 2.75 bits per heavy atom. The van der Waals surface area contributed by atoms with Crippen LogP contribution in [-0.2, 0) is 6.42 Å². The van der Waals surface area contributed by atoms with Gasteiger partial charge in [-0.2, -0.15) is 0 Å². The molecule has 1 aromatic rings. The summed E-state index contributed by atoms with van der Waals surface area (Å²) in [4.78, 5) is 10.6. The molecule has 0 unspecified atom stereocenters. The van der Waals surface area contributed by atoms with Crippen LogP contribution in [0, 0.1) is 5.82 Å². The zero-order valence-corrected chi connectivity index (χ0v) is 9.24. The van der Waals surface area contributed by atoms with E-state index in [0.29, 0.717) is 0 Å². The third-order valence-electron chi connectivity index (χ3n) is 2.27. The zero-order valence-electron chi connectivity index (χ0n) is 9.24. The normalized spacial score (nSPS) is 10.9. The van der Waals surface area contributed by atoms with E-state index >= 15 is 0 Å². The average molecular weight is 222 g/mol. The number of hydrogen-bond donors (Lipinski definition) is 1. The van der Waals surface area contributed by atoms with Crippen LogP contribution in [-0.4, -0.2) is 11.1 Å². The molecule has 86 valence electrons. The summed E-state index contributed by atoms with van der Waals surface area (Å²) in [5, 5.41) is 8.65. The molecule has 0 bridgehead atoms. The van der Waals surface area contributed by atoms with E-state index < -0.39 is 11.8 Å². The Labute approximate surface area is 94.4 Å². The highest BCUT2D eigenvalue weighted by Gasteiger charge is 2.09. The van der Waals surface area contributed by atoms with Crippen LogP contribution in [0.25, 0.3) is 0 Å². The first-order valence-corrected chi connectivity index (χ1v) is 5.32. The van der Waals surface area contributed by atoms with Crippen LogP contribution in [0.4, 0.5) is 4.39 Å². The van der Waals surface area contributed by atoms with Gasteiger partial charge in [-0.3, -0.25) is 0 Å². The standard InChI is InChI=1S/C13H15FO2/c1-2-3-4-5-6-10-7-8-11(13(15)16)12(14)9-10/h3-4,7-9H,2,5-6H2,1H3,(H,15,16)/b4-3+. The number of halogens is 1. The summed E-state index contributed by atoms with van der Waals surface area (Å²) < 4.78 is 13.3. The molecule has 0 aromatic heterocycles. The first kappa shape index (κ1) is 12.4. The molecule has 1 N–H and O–H groups in total. The molecule has 0 radical (unpaired) electrons. The van der Waals surface area contributed by atoms with Crippen LogP contribution in [0.5, 0.6) is 0 Å². The van der Waals surface area contributed by atoms with Crippen molar-refractivity contribution in [2.75, 3.05) is 0 Å². The van der Waals surface area contributed by atoms with Gasteiger partial charge in [0.15, 0.2) is 0 Å². The number of aromatic carboxylic acids is 1. The molecular formula is C13H15FO2. The van der Waals surface area contributed by atoms with Gasteiger partial charge in [0.1, 0.15) is 5.82 Å². The molecule has 0 aliphatic carbocycles. The number of carboxylic acids is 1. The average Bonchev–Trinajstić information content (AvgIpc) is 2.24. The highest BCUT2D eigenvalue weighted by molar-refractivity contribution is 5.87. The van der Waals surface area contributed by atoms with Crippen molar-refractivity contribution in [3.63, 3.8) is 0 Å². The Balaban J connectivity index is 2.66. The van der Waals surface area contributed by atoms with Crippen molar-refractivity contribution < 1.29 is 14.3 Å². The Morgan fingerprint density at radius 1 is 1.44 bits per heavy atom. The highest BCUT2D eigenvalue weighted by Crippen LogP contribution is 2.12. The van der Waals surface area contributed by atoms with Gasteiger partial charge in [-0.15, -0.1) is 0 Å². The molecule has 0 saturated carbocycles. The van der Waals surface area contributed by atoms with Gasteiger partial charge in [-0.1, -0.05) is 25.1 Å². The number of carbonyl (C=O) groups is 1. The molecule has 2 nitrogen and oxygen atoms in total. The van der Waals surface area contributed by atoms with Crippen molar-refractivity contribution in [3.8, 4) is 0 Å². The smallest absolute Gasteiger partial charge is 0.338 e. The zero-order chi connectivity index (χ0) is 12.0. The van der Waals surface area contributed by atoms with E-state index in [4.69, 9.17) is 5.11 Å². The summed E-state index contributed by atoms with van der Waals surface area (Å²) in [6.07, 6.45) is 6.67. The molecule has 3 heteroatoms. The van der Waals surface area contributed by atoms with E-state index in [9.17, 15) is 9.18 Å². The van der Waals surface area contributed by atoms with Gasteiger partial charge in [-0.05, 0) is 37.0 Å². The fraction of sp³-hybridized carbons (Fsp3) is 0.308. The molecule has 1 aromatic carbocycles. The second-order valence-corrected chi connectivity index (χ2v) is 3.54. The van der Waals surface area contributed by atoms with Gasteiger partial charge in [0.05, 0.1) is 5.56 Å². The van der Waals surface area contributed by atoms with Crippen molar-refractivity contribution in [1.82, 2.24) is 0 Å². The van der Waals surface area contributed by atoms with Gasteiger partial charge in [0.25, 0.3) is 0 Å². The quantitative estimate of drug-likeness (QED) is 0.775. The van der Waals surface area contributed by atoms with Crippen LogP contribution in [0.2, 0.25) is 0 Å². The molecule has 0 aliphatic heterocycles. The predicted molar refractivity (Wildman–Crippen MR) is 61.1 cm³/mol. The van der Waals surface area contributed by atoms with Crippen molar-refractivity contribution in [1.29, 1.82) is 0 Å². The molecule has 16 heavy (non-hydrogen) atoms. The minimum atomic E-state index is -1.23. The van der Waals surface area contributed by atoms with Crippen LogP contribution >= 0.6 is 0 Å². The van der Waals surface area contributed by atoms with Gasteiger partial charge in [0.2, 0.25) is 0 Å². The first-order chi connectivity index (χ1) is 7.65. The van der Waals surface area contributed by atoms with Gasteiger partial charge >= 0.3 is 5.97 Å². The minimum Gasteiger partial charge on any atom is -0.478 e. The lowest BCUT2D eigenvalue weighted by Gasteiger charge is -2.01. The van der Waals surface area contributed by atoms with Crippen LogP contribution in [0.1, 0.15) is 35.7 Å². The number of carboxylic acid groups (broad SMARTS) is 1. The number of aryl methyl sites for hydroxylation is 1. The lowest BCUT2D eigenvalue weighted by atomic mass is 10.1. The summed E-state index contributed by atoms with van der Waals surface area (Å²) in [5.41, 5.74) is 0.552. The topological polar surface area (TPSA) is 37.3 Å². The molecule has 0 spiro atoms. The molecule has 0 aliphatic rings. The molecule has 0 saturated heterocycles. The van der Waals surface area contributed by atoms with E-state index in [1.165, 1.54) is 12.1 Å². The molecule has 1 rings (SSSR count). The predicted octanol–water partition coefficient (Wildman–Crippen LogP) is 3.42. The van der Waals surface area contributed by atoms with E-state index in [-0.39, 0.29) is 5.56 Å². The Morgan fingerprint density at radius 2 is 2.19 bits per heavy atom. The fourth-order valence-corrected chi connectivity index (χ4v) is 1.42. The Bertz CT molecular complexity index is 397. The number of benzene rings is 1. The summed E-state index contributed by atoms with van der Waals surface area (Å²) in [6, 6.07) is 4.27. The van der Waals surface area contributed by atoms with Gasteiger partial charge in [0, 0.05) is 0 Å². The fourth-order valence-electron chi connectivity index (χ4n) is 1.42. The third-order valence-corrected chi connectivity index (χ3v) is 2.27. The van der Waals surface area contributed by atoms with Gasteiger partial charge < -0.3 is 5.11 Å². The number of allylic oxidation sites excluding steroid dienone is 2. The van der Waals surface area contributed by atoms with Gasteiger partial charge in [-0.25, -0.2) is 9.18 Å². The molecule has 0 atom stereocenters. The monoisotopic (exact) mass is 222 g/mol. The SMILES string of the molecule is CC/C=C/CCc1ccc(C(=O)O)c(F)c1. The maximum absolute atomic E-state index is 13.3. The molecule has 0 heterocycles. The first-order valence-electron chi connectivity index (χ1n) is 5.32. The highest BCUT2D eigenvalue weighted by atomic mass is 19.1. The summed E-state index contributed by atoms with van der Waals surface area (Å²) in [7, 11) is 0. The second kappa shape index (κ2) is 6.05. The maximum atomic E-state index is 13.3. The van der Waals surface area contributed by atoms with Crippen molar-refractivity contribution in [2.45, 2.75) is 26.2 Å². The van der Waals surface area contributed by atoms with Crippen molar-refractivity contribution in [2.24, 2.45) is 0 Å². The summed E-state index contributed by atoms with van der Waals surface area (Å²) >= 11 is 0. The summed E-state index contributed by atoms with van der Waals surface area (Å²) in [6.45, 7) is 2.05. The largest absolute Gasteiger partial charge is 0.478 e. The van der Waals surface area contributed by atoms with Crippen LogP contribution in [0.15, 0.2) is 30.4 Å².